The van der Waals surface area contributed by atoms with E-state index in [9.17, 15) is 9.90 Å². The van der Waals surface area contributed by atoms with E-state index < -0.39 is 0 Å². The minimum absolute atomic E-state index is 0. The summed E-state index contributed by atoms with van der Waals surface area (Å²) < 4.78 is 5.70. The van der Waals surface area contributed by atoms with Gasteiger partial charge in [-0.1, -0.05) is 30.3 Å². The zero-order chi connectivity index (χ0) is 20.2. The van der Waals surface area contributed by atoms with Crippen molar-refractivity contribution in [3.63, 3.8) is 0 Å². The van der Waals surface area contributed by atoms with E-state index in [1.807, 2.05) is 55.5 Å². The van der Waals surface area contributed by atoms with Crippen molar-refractivity contribution in [2.24, 2.45) is 0 Å². The van der Waals surface area contributed by atoms with Crippen LogP contribution in [0, 0.1) is 6.92 Å². The average molecular weight is 459 g/mol. The predicted molar refractivity (Wildman–Crippen MR) is 127 cm³/mol. The summed E-state index contributed by atoms with van der Waals surface area (Å²) in [6.07, 6.45) is 3.99. The van der Waals surface area contributed by atoms with Gasteiger partial charge in [0.05, 0.1) is 5.56 Å². The molecule has 0 spiro atoms. The van der Waals surface area contributed by atoms with E-state index in [0.717, 1.165) is 22.1 Å². The van der Waals surface area contributed by atoms with Crippen molar-refractivity contribution in [3.8, 4) is 5.75 Å². The zero-order valence-electron chi connectivity index (χ0n) is 17.0. The Kier molecular flexibility index (Phi) is 8.63. The number of hydrogen-bond acceptors (Lipinski definition) is 5. The number of benzene rings is 2. The Morgan fingerprint density at radius 3 is 2.32 bits per heavy atom. The number of nitrogens with zero attached hydrogens (tertiary/aromatic N) is 1. The second kappa shape index (κ2) is 11.0. The second-order valence-corrected chi connectivity index (χ2v) is 7.05. The van der Waals surface area contributed by atoms with E-state index in [2.05, 4.69) is 10.3 Å². The molecule has 0 bridgehead atoms. The molecule has 7 heteroatoms. The summed E-state index contributed by atoms with van der Waals surface area (Å²) in [6.45, 7) is 2.93. The third-order valence-corrected chi connectivity index (χ3v) is 5.14. The minimum Gasteiger partial charge on any atom is -0.507 e. The molecule has 31 heavy (non-hydrogen) atoms. The molecule has 0 amide bonds. The highest BCUT2D eigenvalue weighted by Crippen LogP contribution is 2.30. The van der Waals surface area contributed by atoms with Gasteiger partial charge in [-0.05, 0) is 47.9 Å². The number of aryl methyl sites for hydroxylation is 1. The van der Waals surface area contributed by atoms with Crippen LogP contribution in [0.1, 0.15) is 27.8 Å². The number of phenols is 1. The number of halogens is 2. The first-order chi connectivity index (χ1) is 14.1. The lowest BCUT2D eigenvalue weighted by Crippen LogP contribution is -2.15. The number of nitrogens with one attached hydrogen (secondary N) is 1. The summed E-state index contributed by atoms with van der Waals surface area (Å²) in [5, 5.41) is 14.5. The Bertz CT molecular complexity index is 1200. The highest BCUT2D eigenvalue weighted by atomic mass is 35.5. The van der Waals surface area contributed by atoms with Crippen LogP contribution >= 0.6 is 24.8 Å². The normalized spacial score (nSPS) is 10.4. The molecule has 0 atom stereocenters. The Morgan fingerprint density at radius 2 is 1.61 bits per heavy atom. The lowest BCUT2D eigenvalue weighted by Gasteiger charge is -2.13. The first-order valence-corrected chi connectivity index (χ1v) is 9.54. The molecule has 0 aliphatic heterocycles. The Hall–Kier alpha value is -2.86. The Balaban J connectivity index is 0.00000171. The van der Waals surface area contributed by atoms with Crippen molar-refractivity contribution in [1.29, 1.82) is 0 Å². The SMILES string of the molecule is Cc1c(Cc2ccccc2)c(=O)oc2c(CNCc3ccncc3)c(O)ccc12.Cl.Cl. The van der Waals surface area contributed by atoms with Gasteiger partial charge < -0.3 is 14.8 Å². The Morgan fingerprint density at radius 1 is 0.903 bits per heavy atom. The first-order valence-electron chi connectivity index (χ1n) is 9.54. The molecule has 0 saturated heterocycles. The van der Waals surface area contributed by atoms with E-state index >= 15 is 0 Å². The maximum Gasteiger partial charge on any atom is 0.340 e. The van der Waals surface area contributed by atoms with Gasteiger partial charge in [-0.25, -0.2) is 4.79 Å². The van der Waals surface area contributed by atoms with Crippen molar-refractivity contribution in [2.45, 2.75) is 26.4 Å². The maximum absolute atomic E-state index is 12.7. The fourth-order valence-corrected chi connectivity index (χ4v) is 3.51. The van der Waals surface area contributed by atoms with Gasteiger partial charge in [0, 0.05) is 42.9 Å². The molecule has 2 aromatic carbocycles. The summed E-state index contributed by atoms with van der Waals surface area (Å²) in [5.74, 6) is 0.109. The van der Waals surface area contributed by atoms with Crippen LogP contribution in [0.5, 0.6) is 5.75 Å². The van der Waals surface area contributed by atoms with Crippen molar-refractivity contribution >= 4 is 35.8 Å². The van der Waals surface area contributed by atoms with Crippen LogP contribution in [-0.2, 0) is 19.5 Å². The second-order valence-electron chi connectivity index (χ2n) is 7.05. The van der Waals surface area contributed by atoms with Crippen LogP contribution in [0.2, 0.25) is 0 Å². The largest absolute Gasteiger partial charge is 0.507 e. The molecule has 0 aliphatic rings. The van der Waals surface area contributed by atoms with E-state index in [4.69, 9.17) is 4.42 Å². The molecule has 5 nitrogen and oxygen atoms in total. The molecule has 0 unspecified atom stereocenters. The van der Waals surface area contributed by atoms with Gasteiger partial charge in [0.2, 0.25) is 0 Å². The fourth-order valence-electron chi connectivity index (χ4n) is 3.51. The lowest BCUT2D eigenvalue weighted by atomic mass is 9.98. The van der Waals surface area contributed by atoms with Crippen LogP contribution in [0.3, 0.4) is 0 Å². The quantitative estimate of drug-likeness (QED) is 0.400. The predicted octanol–water partition coefficient (Wildman–Crippen LogP) is 4.93. The summed E-state index contributed by atoms with van der Waals surface area (Å²) in [5.41, 5.74) is 4.33. The molecular weight excluding hydrogens is 435 g/mol. The summed E-state index contributed by atoms with van der Waals surface area (Å²) in [6, 6.07) is 17.2. The van der Waals surface area contributed by atoms with Gasteiger partial charge in [0.15, 0.2) is 0 Å². The number of pyridine rings is 1. The van der Waals surface area contributed by atoms with Gasteiger partial charge in [-0.15, -0.1) is 24.8 Å². The zero-order valence-corrected chi connectivity index (χ0v) is 18.6. The minimum atomic E-state index is -0.361. The molecule has 0 aliphatic carbocycles. The molecule has 4 rings (SSSR count). The van der Waals surface area contributed by atoms with Gasteiger partial charge >= 0.3 is 5.63 Å². The Labute approximate surface area is 193 Å². The van der Waals surface area contributed by atoms with Crippen LogP contribution in [-0.4, -0.2) is 10.1 Å². The number of aromatic nitrogens is 1. The lowest BCUT2D eigenvalue weighted by molar-refractivity contribution is 0.460. The topological polar surface area (TPSA) is 75.4 Å². The van der Waals surface area contributed by atoms with Crippen LogP contribution in [0.15, 0.2) is 76.2 Å². The summed E-state index contributed by atoms with van der Waals surface area (Å²) >= 11 is 0. The van der Waals surface area contributed by atoms with Gasteiger partial charge in [-0.2, -0.15) is 0 Å². The third kappa shape index (κ3) is 5.44. The third-order valence-electron chi connectivity index (χ3n) is 5.14. The number of aromatic hydroxyl groups is 1. The average Bonchev–Trinajstić information content (AvgIpc) is 2.74. The van der Waals surface area contributed by atoms with E-state index in [-0.39, 0.29) is 36.2 Å². The van der Waals surface area contributed by atoms with Crippen molar-refractivity contribution in [3.05, 3.63) is 105 Å². The van der Waals surface area contributed by atoms with Gasteiger partial charge in [-0.3, -0.25) is 4.98 Å². The summed E-state index contributed by atoms with van der Waals surface area (Å²) in [7, 11) is 0. The fraction of sp³-hybridized carbons (Fsp3) is 0.167. The summed E-state index contributed by atoms with van der Waals surface area (Å²) in [4.78, 5) is 16.7. The molecule has 0 radical (unpaired) electrons. The van der Waals surface area contributed by atoms with Crippen LogP contribution < -0.4 is 10.9 Å². The highest BCUT2D eigenvalue weighted by molar-refractivity contribution is 5.86. The first kappa shape index (κ1) is 24.4. The van der Waals surface area contributed by atoms with Crippen molar-refractivity contribution < 1.29 is 9.52 Å². The maximum atomic E-state index is 12.7. The van der Waals surface area contributed by atoms with Gasteiger partial charge in [0.1, 0.15) is 11.3 Å². The molecule has 162 valence electrons. The molecule has 2 heterocycles. The smallest absolute Gasteiger partial charge is 0.340 e. The van der Waals surface area contributed by atoms with Crippen molar-refractivity contribution in [2.75, 3.05) is 0 Å². The standard InChI is InChI=1S/C24H22N2O3.2ClH/c1-16-19-7-8-22(27)21(15-26-14-18-9-11-25-12-10-18)23(19)29-24(28)20(16)13-17-5-3-2-4-6-17;;/h2-12,26-27H,13-15H2,1H3;2*1H. The molecule has 0 saturated carbocycles. The molecule has 4 aromatic rings. The number of fused-ring (bicyclic) bond motifs is 1. The van der Waals surface area contributed by atoms with Gasteiger partial charge in [0.25, 0.3) is 0 Å². The molecule has 2 aromatic heterocycles. The molecule has 0 fully saturated rings. The number of rotatable bonds is 6. The number of hydrogen-bond donors (Lipinski definition) is 2. The van der Waals surface area contributed by atoms with E-state index in [1.54, 1.807) is 18.5 Å². The van der Waals surface area contributed by atoms with E-state index in [1.165, 1.54) is 0 Å². The van der Waals surface area contributed by atoms with E-state index in [0.29, 0.717) is 36.2 Å². The molecule has 2 N–H and O–H groups in total. The van der Waals surface area contributed by atoms with Crippen molar-refractivity contribution in [1.82, 2.24) is 10.3 Å². The number of phenolic OH excluding ortho intramolecular Hbond substituents is 1. The van der Waals surface area contributed by atoms with Crippen LogP contribution in [0.4, 0.5) is 0 Å². The monoisotopic (exact) mass is 458 g/mol. The van der Waals surface area contributed by atoms with Crippen LogP contribution in [0.25, 0.3) is 11.0 Å². The highest BCUT2D eigenvalue weighted by Gasteiger charge is 2.16. The molecular formula is C24H24Cl2N2O3.